The maximum Gasteiger partial charge on any atom is 1.00 e. The Kier molecular flexibility index (Phi) is 21.4. The molecular weight excluding hydrogens is 971 g/mol. The van der Waals surface area contributed by atoms with Crippen molar-refractivity contribution >= 4 is 78.8 Å². The summed E-state index contributed by atoms with van der Waals surface area (Å²) in [6.07, 6.45) is 2.01. The molecule has 0 spiro atoms. The number of hydrogen-bond donors (Lipinski definition) is 10. The Morgan fingerprint density at radius 1 is 0.557 bits per heavy atom. The van der Waals surface area contributed by atoms with E-state index in [4.69, 9.17) is 10.8 Å². The van der Waals surface area contributed by atoms with Gasteiger partial charge in [0, 0.05) is 26.2 Å². The zero-order chi connectivity index (χ0) is 48.8. The van der Waals surface area contributed by atoms with Gasteiger partial charge in [0.25, 0.3) is 20.2 Å². The quantitative estimate of drug-likeness (QED) is 0.0112. The molecule has 0 saturated carbocycles. The van der Waals surface area contributed by atoms with E-state index in [1.807, 2.05) is 0 Å². The SMILES string of the molecule is N=C([O-])CCN(CCO)c1nc(=Nc2ccccc2)[nH]c(=Nc2ccc(C=Cc3ccc(N=c4[nH]c(N(CCO)CCC(=N)[O-])nc(=Nc5ccccc5)[nH]4)cc3S(=O)(=O)O)c(S(=O)(=O)O)c2)[nH]1.[Na+].[Na+]. The third-order valence-corrected chi connectivity index (χ3v) is 11.2. The number of H-pyrrole nitrogens is 4. The van der Waals surface area contributed by atoms with Gasteiger partial charge in [-0.25, -0.2) is 20.0 Å². The molecule has 6 aromatic rings. The topological polar surface area (TPSA) is 388 Å². The number of rotatable bonds is 20. The average molecular weight is 1020 g/mol. The normalized spacial score (nSPS) is 12.7. The molecule has 0 unspecified atom stereocenters. The summed E-state index contributed by atoms with van der Waals surface area (Å²) in [5.74, 6) is -1.49. The van der Waals surface area contributed by atoms with Gasteiger partial charge in [0.15, 0.2) is 0 Å². The largest absolute Gasteiger partial charge is 1.00 e. The zero-order valence-corrected chi connectivity index (χ0v) is 43.3. The summed E-state index contributed by atoms with van der Waals surface area (Å²) >= 11 is 0. The van der Waals surface area contributed by atoms with Crippen LogP contribution in [0.5, 0.6) is 0 Å². The molecule has 0 amide bonds. The summed E-state index contributed by atoms with van der Waals surface area (Å²) in [4.78, 5) is 40.1. The predicted octanol–water partition coefficient (Wildman–Crippen LogP) is -5.56. The number of aromatic amines is 4. The fraction of sp³-hybridized carbons (Fsp3) is 0.190. The van der Waals surface area contributed by atoms with Crippen LogP contribution >= 0.6 is 0 Å². The second kappa shape index (κ2) is 26.4. The van der Waals surface area contributed by atoms with E-state index < -0.39 is 41.8 Å². The van der Waals surface area contributed by atoms with Gasteiger partial charge in [-0.3, -0.25) is 29.0 Å². The Bertz CT molecular complexity index is 3110. The van der Waals surface area contributed by atoms with Gasteiger partial charge in [-0.1, -0.05) is 60.7 Å². The molecule has 24 nitrogen and oxygen atoms in total. The van der Waals surface area contributed by atoms with E-state index in [1.165, 1.54) is 46.2 Å². The first kappa shape index (κ1) is 56.7. The number of aliphatic hydroxyl groups is 2. The van der Waals surface area contributed by atoms with Crippen molar-refractivity contribution in [2.45, 2.75) is 22.6 Å². The average Bonchev–Trinajstić information content (AvgIpc) is 3.28. The standard InChI is InChI=1S/C42H46N14O10S2.2Na/c43-35(59)17-19-55(21-23-57)41-51-37(45-29-7-3-1-4-8-29)49-39(53-41)47-31-15-13-27(33(25-31)67(61,62)63)11-12-28-14-16-32(26-34(28)68(64,65)66)48-40-50-38(46-30-9-5-2-6-10-30)52-42(54-40)56(22-24-58)20-18-36(44)60;;/h1-16,25-26,57-58H,17-24H2,(H2,43,59)(H2,44,60)(H,61,62,63)(H,64,65,66)(H2,45,47,49,51,53)(H2,46,48,50,52,54);;/q;2*+1/p-2. The van der Waals surface area contributed by atoms with Crippen LogP contribution in [0.25, 0.3) is 12.2 Å². The van der Waals surface area contributed by atoms with Gasteiger partial charge >= 0.3 is 59.1 Å². The zero-order valence-electron chi connectivity index (χ0n) is 37.7. The summed E-state index contributed by atoms with van der Waals surface area (Å²) in [5.41, 5.74) is 0.759. The molecule has 2 heterocycles. The first-order valence-corrected chi connectivity index (χ1v) is 23.2. The Balaban J connectivity index is 0.00000533. The molecule has 0 saturated heterocycles. The third-order valence-electron chi connectivity index (χ3n) is 9.36. The van der Waals surface area contributed by atoms with Crippen molar-refractivity contribution in [2.75, 3.05) is 49.2 Å². The van der Waals surface area contributed by atoms with E-state index in [1.54, 1.807) is 60.7 Å². The summed E-state index contributed by atoms with van der Waals surface area (Å²) in [5, 5.41) is 57.1. The maximum absolute atomic E-state index is 12.8. The maximum atomic E-state index is 12.8. The van der Waals surface area contributed by atoms with Crippen LogP contribution in [0.2, 0.25) is 0 Å². The summed E-state index contributed by atoms with van der Waals surface area (Å²) in [7, 11) is -9.93. The minimum atomic E-state index is -4.96. The fourth-order valence-electron chi connectivity index (χ4n) is 6.27. The van der Waals surface area contributed by atoms with Crippen molar-refractivity contribution in [1.29, 1.82) is 10.8 Å². The van der Waals surface area contributed by atoms with E-state index in [-0.39, 0.29) is 168 Å². The number of benzene rings is 4. The van der Waals surface area contributed by atoms with Crippen LogP contribution in [0.3, 0.4) is 0 Å². The molecule has 70 heavy (non-hydrogen) atoms. The molecule has 0 atom stereocenters. The van der Waals surface area contributed by atoms with E-state index in [0.717, 1.165) is 12.1 Å². The van der Waals surface area contributed by atoms with E-state index in [2.05, 4.69) is 49.9 Å². The molecular formula is C42H44N14Na2O10S2. The van der Waals surface area contributed by atoms with E-state index in [9.17, 15) is 46.4 Å². The second-order valence-electron chi connectivity index (χ2n) is 14.3. The molecule has 4 aromatic carbocycles. The number of nitrogens with one attached hydrogen (secondary N) is 6. The molecule has 356 valence electrons. The van der Waals surface area contributed by atoms with Gasteiger partial charge in [-0.2, -0.15) is 26.8 Å². The van der Waals surface area contributed by atoms with Crippen molar-refractivity contribution < 1.29 is 105 Å². The van der Waals surface area contributed by atoms with Crippen molar-refractivity contribution in [1.82, 2.24) is 29.9 Å². The smallest absolute Gasteiger partial charge is 0.862 e. The molecule has 0 fully saturated rings. The van der Waals surface area contributed by atoms with Crippen LogP contribution in [-0.2, 0) is 20.2 Å². The number of hydrogen-bond acceptors (Lipinski definition) is 18. The van der Waals surface area contributed by atoms with Gasteiger partial charge in [0.1, 0.15) is 9.79 Å². The number of nitrogens with zero attached hydrogens (tertiary/aromatic N) is 8. The Morgan fingerprint density at radius 3 is 1.26 bits per heavy atom. The minimum absolute atomic E-state index is 0. The van der Waals surface area contributed by atoms with Crippen LogP contribution in [0.15, 0.2) is 127 Å². The first-order valence-electron chi connectivity index (χ1n) is 20.3. The van der Waals surface area contributed by atoms with E-state index >= 15 is 0 Å². The fourth-order valence-corrected chi connectivity index (χ4v) is 7.68. The molecule has 0 radical (unpaired) electrons. The third kappa shape index (κ3) is 16.9. The Morgan fingerprint density at radius 2 is 0.929 bits per heavy atom. The number of aliphatic hydroxyl groups excluding tert-OH is 2. The molecule has 10 N–H and O–H groups in total. The molecule has 2 aromatic heterocycles. The minimum Gasteiger partial charge on any atom is -0.862 e. The van der Waals surface area contributed by atoms with Crippen molar-refractivity contribution in [3.8, 4) is 0 Å². The Labute approximate surface area is 443 Å². The van der Waals surface area contributed by atoms with Crippen LogP contribution in [0.1, 0.15) is 24.0 Å². The van der Waals surface area contributed by atoms with Gasteiger partial charge in [-0.15, -0.1) is 0 Å². The van der Waals surface area contributed by atoms with Crippen molar-refractivity contribution in [2.24, 2.45) is 20.0 Å². The van der Waals surface area contributed by atoms with E-state index in [0.29, 0.717) is 11.4 Å². The number of para-hydroxylation sites is 2. The molecule has 0 aliphatic heterocycles. The number of anilines is 2. The molecule has 0 bridgehead atoms. The first-order chi connectivity index (χ1) is 32.5. The van der Waals surface area contributed by atoms with Crippen molar-refractivity contribution in [3.63, 3.8) is 0 Å². The van der Waals surface area contributed by atoms with Gasteiger partial charge in [-0.05, 0) is 84.3 Å². The summed E-state index contributed by atoms with van der Waals surface area (Å²) in [6, 6.07) is 24.9. The van der Waals surface area contributed by atoms with Crippen molar-refractivity contribution in [3.05, 3.63) is 131 Å². The predicted molar refractivity (Wildman–Crippen MR) is 244 cm³/mol. The second-order valence-corrected chi connectivity index (χ2v) is 17.1. The van der Waals surface area contributed by atoms with Gasteiger partial charge < -0.3 is 41.0 Å². The molecule has 6 rings (SSSR count). The molecule has 0 aliphatic carbocycles. The van der Waals surface area contributed by atoms with Crippen LogP contribution in [0, 0.1) is 10.8 Å². The molecule has 28 heteroatoms. The van der Waals surface area contributed by atoms with Crippen LogP contribution in [-0.4, -0.2) is 117 Å². The monoisotopic (exact) mass is 1010 g/mol. The number of aromatic nitrogens is 6. The van der Waals surface area contributed by atoms with Gasteiger partial charge in [0.05, 0.1) is 36.0 Å². The molecule has 0 aliphatic rings. The van der Waals surface area contributed by atoms with Crippen LogP contribution in [0.4, 0.5) is 34.6 Å². The van der Waals surface area contributed by atoms with Crippen LogP contribution < -0.4 is 102 Å². The van der Waals surface area contributed by atoms with Gasteiger partial charge in [0.2, 0.25) is 34.4 Å². The summed E-state index contributed by atoms with van der Waals surface area (Å²) < 4.78 is 71.7. The Hall–Kier alpha value is -5.88. The summed E-state index contributed by atoms with van der Waals surface area (Å²) in [6.45, 7) is -0.641.